The van der Waals surface area contributed by atoms with Crippen molar-refractivity contribution in [3.63, 3.8) is 0 Å². The van der Waals surface area contributed by atoms with Crippen molar-refractivity contribution in [2.45, 2.75) is 46.3 Å². The molecule has 3 rings (SSSR count). The van der Waals surface area contributed by atoms with Gasteiger partial charge in [-0.2, -0.15) is 0 Å². The zero-order valence-corrected chi connectivity index (χ0v) is 12.0. The molecule has 2 aliphatic rings. The summed E-state index contributed by atoms with van der Waals surface area (Å²) >= 11 is 0. The van der Waals surface area contributed by atoms with E-state index in [2.05, 4.69) is 20.8 Å². The highest BCUT2D eigenvalue weighted by Crippen LogP contribution is 2.64. The molecule has 2 heteroatoms. The molecule has 0 heterocycles. The molecule has 2 aliphatic carbocycles. The summed E-state index contributed by atoms with van der Waals surface area (Å²) in [5.74, 6) is 0.707. The maximum Gasteiger partial charge on any atom is 0.168 e. The van der Waals surface area contributed by atoms with Gasteiger partial charge in [0.25, 0.3) is 0 Å². The molecule has 102 valence electrons. The highest BCUT2D eigenvalue weighted by molar-refractivity contribution is 5.93. The molecule has 1 aromatic carbocycles. The topological polar surface area (TPSA) is 26.3 Å². The van der Waals surface area contributed by atoms with Crippen LogP contribution >= 0.6 is 0 Å². The van der Waals surface area contributed by atoms with Crippen molar-refractivity contribution in [1.82, 2.24) is 0 Å². The third-order valence-corrected chi connectivity index (χ3v) is 5.74. The van der Waals surface area contributed by atoms with Crippen molar-refractivity contribution in [3.8, 4) is 0 Å². The molecule has 0 aromatic heterocycles. The first-order chi connectivity index (χ1) is 8.97. The van der Waals surface area contributed by atoms with Crippen LogP contribution in [0.4, 0.5) is 0 Å². The second-order valence-corrected chi connectivity index (χ2v) is 6.78. The van der Waals surface area contributed by atoms with Gasteiger partial charge in [-0.15, -0.1) is 0 Å². The van der Waals surface area contributed by atoms with Crippen molar-refractivity contribution < 1.29 is 9.53 Å². The van der Waals surface area contributed by atoms with E-state index in [0.29, 0.717) is 18.3 Å². The fraction of sp³-hybridized carbons (Fsp3) is 0.588. The summed E-state index contributed by atoms with van der Waals surface area (Å²) in [5.41, 5.74) is 1.03. The van der Waals surface area contributed by atoms with Gasteiger partial charge in [-0.3, -0.25) is 4.79 Å². The lowest BCUT2D eigenvalue weighted by Crippen LogP contribution is -2.36. The van der Waals surface area contributed by atoms with Gasteiger partial charge in [0, 0.05) is 5.41 Å². The number of carbonyl (C=O) groups is 1. The summed E-state index contributed by atoms with van der Waals surface area (Å²) in [5, 5.41) is 0. The molecule has 0 aliphatic heterocycles. The molecule has 0 amide bonds. The minimum Gasteiger partial charge on any atom is -0.365 e. The number of carbonyl (C=O) groups excluding carboxylic acids is 1. The second kappa shape index (κ2) is 4.17. The Balaban J connectivity index is 1.75. The molecule has 0 N–H and O–H groups in total. The number of fused-ring (bicyclic) bond motifs is 2. The van der Waals surface area contributed by atoms with Crippen molar-refractivity contribution >= 4 is 5.78 Å². The Morgan fingerprint density at radius 2 is 1.89 bits per heavy atom. The highest BCUT2D eigenvalue weighted by Gasteiger charge is 2.66. The molecule has 0 radical (unpaired) electrons. The molecular formula is C17H22O2. The van der Waals surface area contributed by atoms with Crippen LogP contribution in [0.3, 0.4) is 0 Å². The third-order valence-electron chi connectivity index (χ3n) is 5.74. The second-order valence-electron chi connectivity index (χ2n) is 6.78. The van der Waals surface area contributed by atoms with Crippen LogP contribution in [-0.4, -0.2) is 11.9 Å². The van der Waals surface area contributed by atoms with Crippen LogP contribution in [0.5, 0.6) is 0 Å². The van der Waals surface area contributed by atoms with Gasteiger partial charge in [-0.25, -0.2) is 0 Å². The highest BCUT2D eigenvalue weighted by atomic mass is 16.5. The predicted molar refractivity (Wildman–Crippen MR) is 74.6 cm³/mol. The van der Waals surface area contributed by atoms with E-state index in [4.69, 9.17) is 4.74 Å². The number of rotatable bonds is 3. The van der Waals surface area contributed by atoms with Crippen LogP contribution < -0.4 is 0 Å². The minimum absolute atomic E-state index is 0.0748. The van der Waals surface area contributed by atoms with E-state index >= 15 is 0 Å². The Morgan fingerprint density at radius 3 is 2.47 bits per heavy atom. The largest absolute Gasteiger partial charge is 0.365 e. The van der Waals surface area contributed by atoms with E-state index in [1.807, 2.05) is 30.3 Å². The summed E-state index contributed by atoms with van der Waals surface area (Å²) in [6.07, 6.45) is 1.94. The predicted octanol–water partition coefficient (Wildman–Crippen LogP) is 3.60. The van der Waals surface area contributed by atoms with Crippen LogP contribution in [0.2, 0.25) is 0 Å². The smallest absolute Gasteiger partial charge is 0.168 e. The van der Waals surface area contributed by atoms with Gasteiger partial charge in [-0.1, -0.05) is 51.1 Å². The average molecular weight is 258 g/mol. The Labute approximate surface area is 115 Å². The SMILES string of the molecule is CC12CCC(C(OCc3ccccc3)C1=O)C2(C)C. The average Bonchev–Trinajstić information content (AvgIpc) is 2.70. The minimum atomic E-state index is -0.200. The number of Topliss-reactive ketones (excluding diaryl/α,β-unsaturated/α-hetero) is 1. The molecule has 2 fully saturated rings. The van der Waals surface area contributed by atoms with Gasteiger partial charge in [-0.05, 0) is 29.7 Å². The molecule has 0 spiro atoms. The van der Waals surface area contributed by atoms with Crippen molar-refractivity contribution in [3.05, 3.63) is 35.9 Å². The Kier molecular flexibility index (Phi) is 2.82. The molecular weight excluding hydrogens is 236 g/mol. The van der Waals surface area contributed by atoms with Crippen LogP contribution in [0, 0.1) is 16.7 Å². The lowest BCUT2D eigenvalue weighted by Gasteiger charge is -2.31. The van der Waals surface area contributed by atoms with E-state index in [0.717, 1.165) is 18.4 Å². The summed E-state index contributed by atoms with van der Waals surface area (Å²) < 4.78 is 5.99. The Hall–Kier alpha value is -1.15. The van der Waals surface area contributed by atoms with Gasteiger partial charge in [0.1, 0.15) is 6.10 Å². The molecule has 3 unspecified atom stereocenters. The van der Waals surface area contributed by atoms with Crippen molar-refractivity contribution in [2.75, 3.05) is 0 Å². The zero-order valence-electron chi connectivity index (χ0n) is 12.0. The lowest BCUT2D eigenvalue weighted by molar-refractivity contribution is -0.139. The van der Waals surface area contributed by atoms with Crippen LogP contribution in [0.25, 0.3) is 0 Å². The molecule has 0 saturated heterocycles. The number of hydrogen-bond acceptors (Lipinski definition) is 2. The van der Waals surface area contributed by atoms with E-state index in [9.17, 15) is 4.79 Å². The Morgan fingerprint density at radius 1 is 1.21 bits per heavy atom. The van der Waals surface area contributed by atoms with E-state index < -0.39 is 0 Å². The van der Waals surface area contributed by atoms with E-state index in [1.165, 1.54) is 0 Å². The molecule has 2 saturated carbocycles. The summed E-state index contributed by atoms with van der Waals surface area (Å²) in [4.78, 5) is 12.6. The standard InChI is InChI=1S/C17H22O2/c1-16(2)13-9-10-17(16,3)15(18)14(13)19-11-12-7-5-4-6-8-12/h4-8,13-14H,9-11H2,1-3H3. The van der Waals surface area contributed by atoms with Gasteiger partial charge in [0.15, 0.2) is 5.78 Å². The molecule has 3 atom stereocenters. The maximum absolute atomic E-state index is 12.6. The molecule has 2 bridgehead atoms. The number of ketones is 1. The monoisotopic (exact) mass is 258 g/mol. The van der Waals surface area contributed by atoms with Crippen LogP contribution in [-0.2, 0) is 16.1 Å². The number of hydrogen-bond donors (Lipinski definition) is 0. The van der Waals surface area contributed by atoms with Crippen molar-refractivity contribution in [1.29, 1.82) is 0 Å². The number of benzene rings is 1. The van der Waals surface area contributed by atoms with Crippen molar-refractivity contribution in [2.24, 2.45) is 16.7 Å². The zero-order chi connectivity index (χ0) is 13.7. The van der Waals surface area contributed by atoms with Gasteiger partial charge < -0.3 is 4.74 Å². The first-order valence-corrected chi connectivity index (χ1v) is 7.17. The maximum atomic E-state index is 12.6. The number of ether oxygens (including phenoxy) is 1. The first-order valence-electron chi connectivity index (χ1n) is 7.17. The van der Waals surface area contributed by atoms with Gasteiger partial charge >= 0.3 is 0 Å². The molecule has 2 nitrogen and oxygen atoms in total. The molecule has 19 heavy (non-hydrogen) atoms. The summed E-state index contributed by atoms with van der Waals surface area (Å²) in [6, 6.07) is 10.1. The molecule has 1 aromatic rings. The quantitative estimate of drug-likeness (QED) is 0.828. The van der Waals surface area contributed by atoms with Gasteiger partial charge in [0.05, 0.1) is 6.61 Å². The fourth-order valence-corrected chi connectivity index (χ4v) is 3.96. The van der Waals surface area contributed by atoms with Crippen LogP contribution in [0.15, 0.2) is 30.3 Å². The summed E-state index contributed by atoms with van der Waals surface area (Å²) in [7, 11) is 0. The lowest BCUT2D eigenvalue weighted by atomic mass is 9.70. The summed E-state index contributed by atoms with van der Waals surface area (Å²) in [6.45, 7) is 7.13. The Bertz CT molecular complexity index is 491. The normalized spacial score (nSPS) is 35.8. The third kappa shape index (κ3) is 1.69. The first kappa shape index (κ1) is 12.9. The van der Waals surface area contributed by atoms with E-state index in [1.54, 1.807) is 0 Å². The van der Waals surface area contributed by atoms with E-state index in [-0.39, 0.29) is 16.9 Å². The van der Waals surface area contributed by atoms with Gasteiger partial charge in [0.2, 0.25) is 0 Å². The van der Waals surface area contributed by atoms with Crippen LogP contribution in [0.1, 0.15) is 39.2 Å². The fourth-order valence-electron chi connectivity index (χ4n) is 3.96.